The van der Waals surface area contributed by atoms with Gasteiger partial charge in [0.1, 0.15) is 12.1 Å². The normalized spacial score (nSPS) is 34.4. The summed E-state index contributed by atoms with van der Waals surface area (Å²) >= 11 is 0. The van der Waals surface area contributed by atoms with Gasteiger partial charge in [0, 0.05) is 29.7 Å². The molecule has 0 aliphatic carbocycles. The van der Waals surface area contributed by atoms with Crippen LogP contribution in [-0.2, 0) is 20.7 Å². The maximum Gasteiger partial charge on any atom is 0.329 e. The van der Waals surface area contributed by atoms with Crippen molar-refractivity contribution in [2.24, 2.45) is 29.6 Å². The fourth-order valence-electron chi connectivity index (χ4n) is 5.81. The molecule has 1 amide bonds. The first kappa shape index (κ1) is 34.5. The highest BCUT2D eigenvalue weighted by atomic mass is 16.5. The topological polar surface area (TPSA) is 95.9 Å². The molecule has 0 spiro atoms. The molecule has 0 bridgehead atoms. The summed E-state index contributed by atoms with van der Waals surface area (Å²) < 4.78 is 6.28. The number of hydrogen-bond acceptors (Lipinski definition) is 5. The van der Waals surface area contributed by atoms with E-state index in [-0.39, 0.29) is 29.6 Å². The molecule has 1 aliphatic rings. The summed E-state index contributed by atoms with van der Waals surface area (Å²) in [6.45, 7) is 17.7. The van der Waals surface area contributed by atoms with Gasteiger partial charge in [0.25, 0.3) is 0 Å². The number of ether oxygens (including phenoxy) is 1. The molecule has 41 heavy (non-hydrogen) atoms. The first-order chi connectivity index (χ1) is 19.2. The van der Waals surface area contributed by atoms with Gasteiger partial charge >= 0.3 is 5.97 Å². The number of rotatable bonds is 6. The number of cyclic esters (lactones) is 1. The van der Waals surface area contributed by atoms with Crippen molar-refractivity contribution in [1.82, 2.24) is 5.32 Å². The summed E-state index contributed by atoms with van der Waals surface area (Å²) in [7, 11) is 0. The van der Waals surface area contributed by atoms with E-state index >= 15 is 0 Å². The molecule has 1 aromatic carbocycles. The highest BCUT2D eigenvalue weighted by Gasteiger charge is 2.32. The van der Waals surface area contributed by atoms with Gasteiger partial charge in [-0.3, -0.25) is 4.79 Å². The van der Waals surface area contributed by atoms with Crippen molar-refractivity contribution in [3.8, 4) is 0 Å². The van der Waals surface area contributed by atoms with Crippen molar-refractivity contribution in [3.63, 3.8) is 0 Å². The summed E-state index contributed by atoms with van der Waals surface area (Å²) in [5.74, 6) is -1.07. The van der Waals surface area contributed by atoms with Crippen molar-refractivity contribution in [3.05, 3.63) is 70.8 Å². The van der Waals surface area contributed by atoms with Crippen LogP contribution in [0.15, 0.2) is 65.3 Å². The zero-order valence-corrected chi connectivity index (χ0v) is 26.6. The van der Waals surface area contributed by atoms with Crippen LogP contribution in [0.2, 0.25) is 0 Å². The van der Waals surface area contributed by atoms with Gasteiger partial charge in [0.2, 0.25) is 5.91 Å². The highest BCUT2D eigenvalue weighted by molar-refractivity contribution is 5.95. The van der Waals surface area contributed by atoms with Crippen LogP contribution in [0.5, 0.6) is 0 Å². The number of esters is 1. The molecule has 9 atom stereocenters. The second-order valence-electron chi connectivity index (χ2n) is 12.5. The average Bonchev–Trinajstić information content (AvgIpc) is 2.93. The Balaban J connectivity index is 2.59. The molecule has 6 nitrogen and oxygen atoms in total. The monoisotopic (exact) mass is 567 g/mol. The number of hydrogen-bond donors (Lipinski definition) is 3. The smallest absolute Gasteiger partial charge is 0.329 e. The van der Waals surface area contributed by atoms with Crippen LogP contribution in [0, 0.1) is 29.6 Å². The minimum absolute atomic E-state index is 0.0671. The molecule has 0 saturated carbocycles. The first-order valence-electron chi connectivity index (χ1n) is 15.2. The number of aliphatic hydroxyl groups is 2. The number of nitrogens with one attached hydrogen (secondary N) is 1. The number of carbonyl (C=O) groups is 2. The van der Waals surface area contributed by atoms with Gasteiger partial charge in [0.05, 0.1) is 12.2 Å². The molecular formula is C35H53NO5. The lowest BCUT2D eigenvalue weighted by Gasteiger charge is -2.32. The maximum absolute atomic E-state index is 13.8. The second kappa shape index (κ2) is 16.1. The molecule has 0 saturated heterocycles. The predicted octanol–water partition coefficient (Wildman–Crippen LogP) is 6.18. The third-order valence-corrected chi connectivity index (χ3v) is 8.53. The molecular weight excluding hydrogens is 514 g/mol. The largest absolute Gasteiger partial charge is 0.460 e. The van der Waals surface area contributed by atoms with E-state index in [4.69, 9.17) is 4.74 Å². The van der Waals surface area contributed by atoms with Crippen LogP contribution >= 0.6 is 0 Å². The fraction of sp³-hybridized carbons (Fsp3) is 0.600. The van der Waals surface area contributed by atoms with Gasteiger partial charge in [-0.05, 0) is 55.7 Å². The Labute approximate surface area is 248 Å². The molecule has 6 heteroatoms. The molecule has 1 aliphatic heterocycles. The van der Waals surface area contributed by atoms with E-state index in [0.29, 0.717) is 17.9 Å². The third-order valence-electron chi connectivity index (χ3n) is 8.53. The van der Waals surface area contributed by atoms with E-state index in [1.54, 1.807) is 13.0 Å². The van der Waals surface area contributed by atoms with Gasteiger partial charge in [-0.2, -0.15) is 0 Å². The zero-order chi connectivity index (χ0) is 30.9. The van der Waals surface area contributed by atoms with E-state index in [1.165, 1.54) is 0 Å². The number of carbonyl (C=O) groups excluding carboxylic acids is 2. The van der Waals surface area contributed by atoms with Crippen molar-refractivity contribution in [1.29, 1.82) is 0 Å². The molecule has 1 heterocycles. The molecule has 0 fully saturated rings. The Morgan fingerprint density at radius 3 is 1.95 bits per heavy atom. The molecule has 0 unspecified atom stereocenters. The van der Waals surface area contributed by atoms with Gasteiger partial charge < -0.3 is 20.3 Å². The Kier molecular flexibility index (Phi) is 13.5. The van der Waals surface area contributed by atoms with Crippen molar-refractivity contribution in [2.75, 3.05) is 0 Å². The molecule has 228 valence electrons. The molecule has 0 radical (unpaired) electrons. The summed E-state index contributed by atoms with van der Waals surface area (Å²) in [4.78, 5) is 27.1. The van der Waals surface area contributed by atoms with E-state index < -0.39 is 30.3 Å². The molecule has 3 N–H and O–H groups in total. The Bertz CT molecular complexity index is 1090. The molecule has 2 rings (SSSR count). The van der Waals surface area contributed by atoms with Gasteiger partial charge in [-0.15, -0.1) is 0 Å². The minimum atomic E-state index is -0.882. The van der Waals surface area contributed by atoms with E-state index in [2.05, 4.69) is 26.1 Å². The van der Waals surface area contributed by atoms with Gasteiger partial charge in [0.15, 0.2) is 0 Å². The molecule has 0 aromatic heterocycles. The minimum Gasteiger partial charge on any atom is -0.460 e. The van der Waals surface area contributed by atoms with Crippen LogP contribution in [0.25, 0.3) is 0 Å². The van der Waals surface area contributed by atoms with Crippen molar-refractivity contribution >= 4 is 11.9 Å². The number of aliphatic hydroxyl groups excluding tert-OH is 2. The standard InChI is InChI=1S/C35H53NO5/c1-10-21(2)16-26(7)33-27(8)18-24(5)31(37)22(3)17-23(4)32(38)25(6)19-28(9)34(39)36-30(35(40)41-33)20-29-14-12-11-13-15-29/h11-15,17-19,21-22,25-27,30-33,37-38H,10,16,20H2,1-9H3,(H,36,39)/b23-17+,24-18+,28-19+/t21-,22-,25-,26-,27-,30-,31-,32+,33+/m0/s1. The second-order valence-corrected chi connectivity index (χ2v) is 12.5. The van der Waals surface area contributed by atoms with Crippen LogP contribution in [0.4, 0.5) is 0 Å². The lowest BCUT2D eigenvalue weighted by Crippen LogP contribution is -2.46. The predicted molar refractivity (Wildman–Crippen MR) is 166 cm³/mol. The zero-order valence-electron chi connectivity index (χ0n) is 26.6. The van der Waals surface area contributed by atoms with Crippen molar-refractivity contribution in [2.45, 2.75) is 106 Å². The van der Waals surface area contributed by atoms with Crippen LogP contribution in [0.3, 0.4) is 0 Å². The van der Waals surface area contributed by atoms with Crippen LogP contribution in [0.1, 0.15) is 80.7 Å². The average molecular weight is 568 g/mol. The van der Waals surface area contributed by atoms with E-state index in [1.807, 2.05) is 77.1 Å². The van der Waals surface area contributed by atoms with Gasteiger partial charge in [-0.25, -0.2) is 4.79 Å². The van der Waals surface area contributed by atoms with E-state index in [9.17, 15) is 19.8 Å². The summed E-state index contributed by atoms with van der Waals surface area (Å²) in [5.41, 5.74) is 2.86. The fourth-order valence-corrected chi connectivity index (χ4v) is 5.81. The van der Waals surface area contributed by atoms with Gasteiger partial charge in [-0.1, -0.05) is 96.5 Å². The number of benzene rings is 1. The quantitative estimate of drug-likeness (QED) is 0.282. The summed E-state index contributed by atoms with van der Waals surface area (Å²) in [6.07, 6.45) is 5.84. The molecule has 1 aromatic rings. The lowest BCUT2D eigenvalue weighted by atomic mass is 9.84. The maximum atomic E-state index is 13.8. The number of amides is 1. The Morgan fingerprint density at radius 1 is 0.854 bits per heavy atom. The van der Waals surface area contributed by atoms with Crippen LogP contribution < -0.4 is 5.32 Å². The van der Waals surface area contributed by atoms with Crippen molar-refractivity contribution < 1.29 is 24.5 Å². The third kappa shape index (κ3) is 10.3. The van der Waals surface area contributed by atoms with E-state index in [0.717, 1.165) is 29.6 Å². The summed E-state index contributed by atoms with van der Waals surface area (Å²) in [5, 5.41) is 25.1. The van der Waals surface area contributed by atoms with Crippen LogP contribution in [-0.4, -0.2) is 46.4 Å². The lowest BCUT2D eigenvalue weighted by molar-refractivity contribution is -0.157. The highest BCUT2D eigenvalue weighted by Crippen LogP contribution is 2.29. The Morgan fingerprint density at radius 2 is 1.39 bits per heavy atom. The summed E-state index contributed by atoms with van der Waals surface area (Å²) in [6, 6.07) is 8.70. The SMILES string of the molecule is CC[C@H](C)C[C@H](C)[C@H]1OC(=O)[C@H](Cc2ccccc2)NC(=O)/C(C)=C/[C@H](C)[C@H](O)/C(C)=C/[C@H](C)[C@H](O)/C(C)=C/[C@@H]1C. The Hall–Kier alpha value is -2.70. The first-order valence-corrected chi connectivity index (χ1v) is 15.2.